The maximum absolute atomic E-state index is 9.25. The number of halogens is 1. The van der Waals surface area contributed by atoms with Gasteiger partial charge in [0.05, 0.1) is 6.07 Å². The minimum absolute atomic E-state index is 0.238. The highest BCUT2D eigenvalue weighted by atomic mass is 35.5. The van der Waals surface area contributed by atoms with Gasteiger partial charge >= 0.3 is 0 Å². The molecule has 1 aromatic heterocycles. The van der Waals surface area contributed by atoms with E-state index in [9.17, 15) is 5.11 Å². The molecule has 72 valence electrons. The van der Waals surface area contributed by atoms with Gasteiger partial charge in [0, 0.05) is 29.0 Å². The monoisotopic (exact) mass is 208 g/mol. The lowest BCUT2D eigenvalue weighted by atomic mass is 10.2. The van der Waals surface area contributed by atoms with Crippen molar-refractivity contribution in [3.05, 3.63) is 29.4 Å². The highest BCUT2D eigenvalue weighted by molar-refractivity contribution is 6.31. The molecular formula is C10H9ClN2O. The molecule has 0 radical (unpaired) electrons. The Balaban J connectivity index is 0.000000293. The van der Waals surface area contributed by atoms with E-state index < -0.39 is 0 Å². The average molecular weight is 209 g/mol. The second-order valence-electron chi connectivity index (χ2n) is 2.59. The van der Waals surface area contributed by atoms with E-state index in [-0.39, 0.29) is 5.75 Å². The third-order valence-corrected chi connectivity index (χ3v) is 1.86. The molecule has 0 amide bonds. The maximum Gasteiger partial charge on any atom is 0.140 e. The molecule has 4 heteroatoms. The highest BCUT2D eigenvalue weighted by Crippen LogP contribution is 2.26. The molecule has 0 aliphatic carbocycles. The standard InChI is InChI=1S/C8H6ClNO.C2H3N/c9-5-1-2-7-6(3-5)8(11)4-10-7;1-2-3/h1-4,10-11H;1H3. The summed E-state index contributed by atoms with van der Waals surface area (Å²) in [5.74, 6) is 0.238. The van der Waals surface area contributed by atoms with E-state index in [4.69, 9.17) is 16.9 Å². The number of nitrogens with zero attached hydrogens (tertiary/aromatic N) is 1. The molecule has 2 N–H and O–H groups in total. The van der Waals surface area contributed by atoms with E-state index in [2.05, 4.69) is 4.98 Å². The Morgan fingerprint density at radius 1 is 1.50 bits per heavy atom. The van der Waals surface area contributed by atoms with Crippen LogP contribution in [-0.2, 0) is 0 Å². The van der Waals surface area contributed by atoms with E-state index >= 15 is 0 Å². The number of benzene rings is 1. The van der Waals surface area contributed by atoms with E-state index in [1.54, 1.807) is 24.4 Å². The molecule has 14 heavy (non-hydrogen) atoms. The molecule has 2 rings (SSSR count). The van der Waals surface area contributed by atoms with Crippen molar-refractivity contribution in [2.24, 2.45) is 0 Å². The lowest BCUT2D eigenvalue weighted by molar-refractivity contribution is 0.481. The quantitative estimate of drug-likeness (QED) is 0.699. The van der Waals surface area contributed by atoms with Gasteiger partial charge in [-0.25, -0.2) is 0 Å². The fourth-order valence-electron chi connectivity index (χ4n) is 1.08. The van der Waals surface area contributed by atoms with E-state index in [0.717, 1.165) is 10.9 Å². The zero-order chi connectivity index (χ0) is 10.6. The first-order chi connectivity index (χ1) is 6.69. The zero-order valence-electron chi connectivity index (χ0n) is 7.58. The van der Waals surface area contributed by atoms with Crippen LogP contribution in [-0.4, -0.2) is 10.1 Å². The van der Waals surface area contributed by atoms with Gasteiger partial charge < -0.3 is 10.1 Å². The van der Waals surface area contributed by atoms with Crippen LogP contribution < -0.4 is 0 Å². The van der Waals surface area contributed by atoms with Gasteiger partial charge in [-0.15, -0.1) is 0 Å². The summed E-state index contributed by atoms with van der Waals surface area (Å²) in [5, 5.41) is 18.0. The molecular weight excluding hydrogens is 200 g/mol. The van der Waals surface area contributed by atoms with Gasteiger partial charge in [0.15, 0.2) is 0 Å². The normalized spacial score (nSPS) is 8.93. The SMILES string of the molecule is CC#N.Oc1c[nH]c2ccc(Cl)cc12. The molecule has 0 saturated heterocycles. The van der Waals surface area contributed by atoms with Crippen LogP contribution in [0.3, 0.4) is 0 Å². The van der Waals surface area contributed by atoms with E-state index in [1.807, 2.05) is 6.07 Å². The third kappa shape index (κ3) is 2.18. The molecule has 0 unspecified atom stereocenters. The molecule has 0 bridgehead atoms. The first kappa shape index (κ1) is 10.4. The van der Waals surface area contributed by atoms with Crippen LogP contribution in [0.5, 0.6) is 5.75 Å². The summed E-state index contributed by atoms with van der Waals surface area (Å²) in [7, 11) is 0. The van der Waals surface area contributed by atoms with Crippen molar-refractivity contribution in [1.82, 2.24) is 4.98 Å². The number of aromatic hydroxyl groups is 1. The lowest BCUT2D eigenvalue weighted by Gasteiger charge is -1.90. The molecule has 0 fully saturated rings. The highest BCUT2D eigenvalue weighted by Gasteiger charge is 2.00. The van der Waals surface area contributed by atoms with Crippen molar-refractivity contribution in [2.75, 3.05) is 0 Å². The second kappa shape index (κ2) is 4.54. The molecule has 0 saturated carbocycles. The summed E-state index contributed by atoms with van der Waals surface area (Å²) in [4.78, 5) is 2.91. The molecule has 0 atom stereocenters. The van der Waals surface area contributed by atoms with Crippen LogP contribution in [0.4, 0.5) is 0 Å². The Labute approximate surface area is 86.5 Å². The van der Waals surface area contributed by atoms with Crippen molar-refractivity contribution < 1.29 is 5.11 Å². The number of H-pyrrole nitrogens is 1. The number of rotatable bonds is 0. The predicted octanol–water partition coefficient (Wildman–Crippen LogP) is 3.06. The molecule has 0 aliphatic rings. The van der Waals surface area contributed by atoms with Gasteiger partial charge in [0.25, 0.3) is 0 Å². The Bertz CT molecular complexity index is 470. The maximum atomic E-state index is 9.25. The lowest BCUT2D eigenvalue weighted by Crippen LogP contribution is -1.66. The van der Waals surface area contributed by atoms with Gasteiger partial charge in [0.2, 0.25) is 0 Å². The Morgan fingerprint density at radius 3 is 2.79 bits per heavy atom. The summed E-state index contributed by atoms with van der Waals surface area (Å²) in [6.07, 6.45) is 1.54. The van der Waals surface area contributed by atoms with E-state index in [1.165, 1.54) is 6.92 Å². The molecule has 0 spiro atoms. The number of nitriles is 1. The van der Waals surface area contributed by atoms with Gasteiger partial charge in [-0.3, -0.25) is 0 Å². The molecule has 2 aromatic rings. The fourth-order valence-corrected chi connectivity index (χ4v) is 1.25. The van der Waals surface area contributed by atoms with Crippen LogP contribution in [0, 0.1) is 11.3 Å². The minimum Gasteiger partial charge on any atom is -0.506 e. The van der Waals surface area contributed by atoms with Crippen LogP contribution in [0.25, 0.3) is 10.9 Å². The van der Waals surface area contributed by atoms with Crippen LogP contribution in [0.15, 0.2) is 24.4 Å². The first-order valence-corrected chi connectivity index (χ1v) is 4.33. The van der Waals surface area contributed by atoms with Gasteiger partial charge in [-0.1, -0.05) is 11.6 Å². The number of hydrogen-bond donors (Lipinski definition) is 2. The number of nitrogens with one attached hydrogen (secondary N) is 1. The van der Waals surface area contributed by atoms with Gasteiger partial charge in [-0.05, 0) is 18.2 Å². The largest absolute Gasteiger partial charge is 0.506 e. The summed E-state index contributed by atoms with van der Waals surface area (Å²) in [6, 6.07) is 7.08. The Kier molecular flexibility index (Phi) is 3.38. The van der Waals surface area contributed by atoms with Crippen molar-refractivity contribution in [2.45, 2.75) is 6.92 Å². The molecule has 1 heterocycles. The zero-order valence-corrected chi connectivity index (χ0v) is 8.34. The summed E-state index contributed by atoms with van der Waals surface area (Å²) in [6.45, 7) is 1.43. The number of hydrogen-bond acceptors (Lipinski definition) is 2. The predicted molar refractivity (Wildman–Crippen MR) is 56.3 cm³/mol. The number of aromatic nitrogens is 1. The third-order valence-electron chi connectivity index (χ3n) is 1.62. The van der Waals surface area contributed by atoms with Crippen molar-refractivity contribution in [3.63, 3.8) is 0 Å². The first-order valence-electron chi connectivity index (χ1n) is 3.95. The van der Waals surface area contributed by atoms with E-state index in [0.29, 0.717) is 5.02 Å². The Morgan fingerprint density at radius 2 is 2.14 bits per heavy atom. The Hall–Kier alpha value is -1.66. The second-order valence-corrected chi connectivity index (χ2v) is 3.02. The van der Waals surface area contributed by atoms with Crippen molar-refractivity contribution in [1.29, 1.82) is 5.26 Å². The fraction of sp³-hybridized carbons (Fsp3) is 0.100. The topological polar surface area (TPSA) is 59.8 Å². The van der Waals surface area contributed by atoms with Crippen molar-refractivity contribution >= 4 is 22.5 Å². The van der Waals surface area contributed by atoms with Gasteiger partial charge in [0.1, 0.15) is 5.75 Å². The van der Waals surface area contributed by atoms with Crippen LogP contribution >= 0.6 is 11.6 Å². The smallest absolute Gasteiger partial charge is 0.140 e. The van der Waals surface area contributed by atoms with Crippen molar-refractivity contribution in [3.8, 4) is 11.8 Å². The summed E-state index contributed by atoms with van der Waals surface area (Å²) in [5.41, 5.74) is 0.895. The van der Waals surface area contributed by atoms with Crippen LogP contribution in [0.1, 0.15) is 6.92 Å². The number of fused-ring (bicyclic) bond motifs is 1. The summed E-state index contributed by atoms with van der Waals surface area (Å²) >= 11 is 5.72. The summed E-state index contributed by atoms with van der Waals surface area (Å²) < 4.78 is 0. The number of aromatic amines is 1. The average Bonchev–Trinajstić information content (AvgIpc) is 2.49. The van der Waals surface area contributed by atoms with Crippen LogP contribution in [0.2, 0.25) is 5.02 Å². The molecule has 3 nitrogen and oxygen atoms in total. The minimum atomic E-state index is 0.238. The molecule has 1 aromatic carbocycles. The molecule has 0 aliphatic heterocycles. The van der Waals surface area contributed by atoms with Gasteiger partial charge in [-0.2, -0.15) is 5.26 Å².